The van der Waals surface area contributed by atoms with Crippen LogP contribution in [0.15, 0.2) is 11.6 Å². The third-order valence-corrected chi connectivity index (χ3v) is 8.35. The van der Waals surface area contributed by atoms with Crippen LogP contribution in [-0.4, -0.2) is 62.3 Å². The van der Waals surface area contributed by atoms with Crippen molar-refractivity contribution in [1.82, 2.24) is 4.90 Å². The highest BCUT2D eigenvalue weighted by atomic mass is 16.5. The van der Waals surface area contributed by atoms with Crippen LogP contribution in [0.25, 0.3) is 0 Å². The van der Waals surface area contributed by atoms with Crippen LogP contribution >= 0.6 is 0 Å². The molecule has 1 atom stereocenters. The van der Waals surface area contributed by atoms with Crippen LogP contribution in [0, 0.1) is 6.92 Å². The van der Waals surface area contributed by atoms with Crippen molar-refractivity contribution in [2.75, 3.05) is 38.3 Å². The summed E-state index contributed by atoms with van der Waals surface area (Å²) in [5.41, 5.74) is 10.2. The number of carbonyl (C=O) groups is 3. The largest absolute Gasteiger partial charge is 0.496 e. The average Bonchev–Trinajstić information content (AvgIpc) is 3.35. The van der Waals surface area contributed by atoms with Crippen LogP contribution in [0.4, 0.5) is 10.5 Å². The molecule has 2 N–H and O–H groups in total. The SMILES string of the molecule is CCCCC(CC)N(C(N)=O)c1c(CC=C(C)CCC(=O)OCCN2CCCCC2)c(OC)c(C)c2c1C(=O)OC2. The number of methoxy groups -OCH3 is 1. The Morgan fingerprint density at radius 3 is 2.54 bits per heavy atom. The van der Waals surface area contributed by atoms with E-state index < -0.39 is 12.0 Å². The van der Waals surface area contributed by atoms with Gasteiger partial charge in [0.2, 0.25) is 0 Å². The van der Waals surface area contributed by atoms with Crippen molar-refractivity contribution in [3.63, 3.8) is 0 Å². The molecule has 2 amide bonds. The Morgan fingerprint density at radius 2 is 1.90 bits per heavy atom. The number of anilines is 1. The molecule has 228 valence electrons. The number of likely N-dealkylation sites (tertiary alicyclic amines) is 1. The van der Waals surface area contributed by atoms with E-state index in [1.165, 1.54) is 19.3 Å². The lowest BCUT2D eigenvalue weighted by Crippen LogP contribution is -2.45. The number of rotatable bonds is 15. The van der Waals surface area contributed by atoms with Crippen LogP contribution < -0.4 is 15.4 Å². The second-order valence-electron chi connectivity index (χ2n) is 11.2. The molecule has 0 aliphatic carbocycles. The van der Waals surface area contributed by atoms with E-state index in [4.69, 9.17) is 19.9 Å². The summed E-state index contributed by atoms with van der Waals surface area (Å²) in [4.78, 5) is 42.4. The van der Waals surface area contributed by atoms with Crippen LogP contribution in [0.1, 0.15) is 106 Å². The second-order valence-corrected chi connectivity index (χ2v) is 11.2. The van der Waals surface area contributed by atoms with Gasteiger partial charge in [-0.1, -0.05) is 44.8 Å². The van der Waals surface area contributed by atoms with E-state index in [1.54, 1.807) is 12.0 Å². The van der Waals surface area contributed by atoms with Gasteiger partial charge in [0.25, 0.3) is 0 Å². The molecule has 9 nitrogen and oxygen atoms in total. The summed E-state index contributed by atoms with van der Waals surface area (Å²) >= 11 is 0. The highest BCUT2D eigenvalue weighted by molar-refractivity contribution is 6.06. The molecule has 3 rings (SSSR count). The van der Waals surface area contributed by atoms with Gasteiger partial charge in [0.15, 0.2) is 0 Å². The lowest BCUT2D eigenvalue weighted by atomic mass is 9.91. The Kier molecular flexibility index (Phi) is 12.5. The van der Waals surface area contributed by atoms with Gasteiger partial charge in [-0.15, -0.1) is 0 Å². The van der Waals surface area contributed by atoms with Crippen molar-refractivity contribution in [1.29, 1.82) is 0 Å². The van der Waals surface area contributed by atoms with E-state index in [0.29, 0.717) is 49.3 Å². The fraction of sp³-hybridized carbons (Fsp3) is 0.656. The van der Waals surface area contributed by atoms with E-state index >= 15 is 0 Å². The van der Waals surface area contributed by atoms with E-state index in [1.807, 2.05) is 26.8 Å². The van der Waals surface area contributed by atoms with Crippen molar-refractivity contribution in [2.24, 2.45) is 5.73 Å². The maximum absolute atomic E-state index is 13.0. The number of unbranched alkanes of at least 4 members (excludes halogenated alkanes) is 1. The monoisotopic (exact) mass is 571 g/mol. The maximum atomic E-state index is 13.0. The summed E-state index contributed by atoms with van der Waals surface area (Å²) in [6.07, 6.45) is 10.4. The number of urea groups is 1. The molecule has 9 heteroatoms. The number of fused-ring (bicyclic) bond motifs is 1. The van der Waals surface area contributed by atoms with Crippen LogP contribution in [0.2, 0.25) is 0 Å². The second kappa shape index (κ2) is 15.8. The number of carbonyl (C=O) groups excluding carboxylic acids is 3. The first-order valence-electron chi connectivity index (χ1n) is 15.2. The highest BCUT2D eigenvalue weighted by Crippen LogP contribution is 2.44. The first-order chi connectivity index (χ1) is 19.7. The summed E-state index contributed by atoms with van der Waals surface area (Å²) in [5, 5.41) is 0. The minimum atomic E-state index is -0.602. The van der Waals surface area contributed by atoms with Gasteiger partial charge in [0.05, 0.1) is 18.4 Å². The van der Waals surface area contributed by atoms with Crippen molar-refractivity contribution < 1.29 is 28.6 Å². The summed E-state index contributed by atoms with van der Waals surface area (Å²) in [6.45, 7) is 11.5. The van der Waals surface area contributed by atoms with Crippen molar-refractivity contribution in [3.8, 4) is 5.75 Å². The van der Waals surface area contributed by atoms with Crippen LogP contribution in [0.3, 0.4) is 0 Å². The fourth-order valence-electron chi connectivity index (χ4n) is 5.94. The van der Waals surface area contributed by atoms with Crippen LogP contribution in [0.5, 0.6) is 5.75 Å². The normalized spacial score (nSPS) is 16.2. The van der Waals surface area contributed by atoms with Gasteiger partial charge in [-0.05, 0) is 71.0 Å². The van der Waals surface area contributed by atoms with Crippen molar-refractivity contribution in [2.45, 2.75) is 105 Å². The lowest BCUT2D eigenvalue weighted by Gasteiger charge is -2.33. The zero-order valence-electron chi connectivity index (χ0n) is 25.7. The lowest BCUT2D eigenvalue weighted by molar-refractivity contribution is -0.144. The van der Waals surface area contributed by atoms with Crippen molar-refractivity contribution in [3.05, 3.63) is 33.9 Å². The number of primary amides is 1. The average molecular weight is 572 g/mol. The minimum Gasteiger partial charge on any atom is -0.496 e. The molecule has 2 aliphatic rings. The molecule has 0 saturated carbocycles. The predicted octanol–water partition coefficient (Wildman–Crippen LogP) is 5.83. The van der Waals surface area contributed by atoms with Gasteiger partial charge in [0, 0.05) is 30.1 Å². The molecule has 0 bridgehead atoms. The van der Waals surface area contributed by atoms with E-state index in [0.717, 1.165) is 61.2 Å². The molecule has 41 heavy (non-hydrogen) atoms. The fourth-order valence-corrected chi connectivity index (χ4v) is 5.94. The molecule has 1 aromatic carbocycles. The number of esters is 2. The molecule has 0 radical (unpaired) electrons. The number of cyclic esters (lactones) is 1. The van der Waals surface area contributed by atoms with Gasteiger partial charge >= 0.3 is 18.0 Å². The number of amides is 2. The zero-order valence-corrected chi connectivity index (χ0v) is 25.7. The molecule has 0 aromatic heterocycles. The van der Waals surface area contributed by atoms with Crippen LogP contribution in [-0.2, 0) is 27.3 Å². The van der Waals surface area contributed by atoms with Gasteiger partial charge in [0.1, 0.15) is 19.0 Å². The predicted molar refractivity (Wildman–Crippen MR) is 160 cm³/mol. The summed E-state index contributed by atoms with van der Waals surface area (Å²) in [5.74, 6) is -0.0350. The third-order valence-electron chi connectivity index (χ3n) is 8.35. The van der Waals surface area contributed by atoms with Gasteiger partial charge < -0.3 is 19.9 Å². The first kappa shape index (κ1) is 32.4. The number of nitrogens with two attached hydrogens (primary N) is 1. The molecule has 1 aromatic rings. The molecule has 0 spiro atoms. The summed E-state index contributed by atoms with van der Waals surface area (Å²) in [6, 6.07) is -0.768. The number of allylic oxidation sites excluding steroid dienone is 2. The first-order valence-corrected chi connectivity index (χ1v) is 15.2. The number of benzene rings is 1. The molecule has 1 saturated heterocycles. The molecule has 2 heterocycles. The molecule has 1 unspecified atom stereocenters. The summed E-state index contributed by atoms with van der Waals surface area (Å²) in [7, 11) is 1.60. The topological polar surface area (TPSA) is 111 Å². The minimum absolute atomic E-state index is 0.136. The number of hydrogen-bond donors (Lipinski definition) is 1. The quantitative estimate of drug-likeness (QED) is 0.208. The van der Waals surface area contributed by atoms with Gasteiger partial charge in [-0.3, -0.25) is 14.6 Å². The standard InChI is InChI=1S/C32H49N3O6/c1-6-8-12-24(7-2)35(32(33)38)29-25(30(39-5)23(4)26-21-41-31(37)28(26)29)15-13-22(3)14-16-27(36)40-20-19-34-17-10-9-11-18-34/h13,24H,6-12,14-21H2,1-5H3,(H2,33,38). The Bertz CT molecular complexity index is 1110. The van der Waals surface area contributed by atoms with Gasteiger partial charge in [-0.25, -0.2) is 9.59 Å². The third kappa shape index (κ3) is 8.24. The van der Waals surface area contributed by atoms with Crippen molar-refractivity contribution >= 4 is 23.7 Å². The number of ether oxygens (including phenoxy) is 3. The Labute approximate surface area is 245 Å². The molecular weight excluding hydrogens is 522 g/mol. The summed E-state index contributed by atoms with van der Waals surface area (Å²) < 4.78 is 16.8. The van der Waals surface area contributed by atoms with E-state index in [2.05, 4.69) is 11.8 Å². The zero-order chi connectivity index (χ0) is 29.9. The molecular formula is C32H49N3O6. The maximum Gasteiger partial charge on any atom is 0.341 e. The van der Waals surface area contributed by atoms with E-state index in [9.17, 15) is 14.4 Å². The number of hydrogen-bond acceptors (Lipinski definition) is 7. The number of piperidine rings is 1. The van der Waals surface area contributed by atoms with E-state index in [-0.39, 0.29) is 18.6 Å². The number of nitrogens with zero attached hydrogens (tertiary/aromatic N) is 2. The Morgan fingerprint density at radius 1 is 1.17 bits per heavy atom. The smallest absolute Gasteiger partial charge is 0.341 e. The Hall–Kier alpha value is -3.07. The molecule has 1 fully saturated rings. The highest BCUT2D eigenvalue weighted by Gasteiger charge is 2.37. The Balaban J connectivity index is 1.83. The van der Waals surface area contributed by atoms with Gasteiger partial charge in [-0.2, -0.15) is 0 Å². The molecule has 2 aliphatic heterocycles.